The highest BCUT2D eigenvalue weighted by Gasteiger charge is 2.21. The third-order valence-corrected chi connectivity index (χ3v) is 5.12. The van der Waals surface area contributed by atoms with Crippen molar-refractivity contribution in [2.24, 2.45) is 0 Å². The lowest BCUT2D eigenvalue weighted by molar-refractivity contribution is 0.0540. The number of carbonyl (C=O) groups is 1. The molecule has 0 saturated heterocycles. The molecule has 0 N–H and O–H groups in total. The van der Waals surface area contributed by atoms with Crippen LogP contribution < -0.4 is 4.31 Å². The molecule has 5 nitrogen and oxygen atoms in total. The summed E-state index contributed by atoms with van der Waals surface area (Å²) < 4.78 is 31.5. The van der Waals surface area contributed by atoms with Gasteiger partial charge in [0.2, 0.25) is 0 Å². The van der Waals surface area contributed by atoms with E-state index < -0.39 is 16.0 Å². The molecule has 0 aliphatic rings. The van der Waals surface area contributed by atoms with E-state index in [0.29, 0.717) is 5.69 Å². The fourth-order valence-electron chi connectivity index (χ4n) is 1.97. The van der Waals surface area contributed by atoms with Gasteiger partial charge >= 0.3 is 5.97 Å². The van der Waals surface area contributed by atoms with Gasteiger partial charge in [-0.25, -0.2) is 13.2 Å². The van der Waals surface area contributed by atoms with Crippen LogP contribution in [0.2, 0.25) is 0 Å². The fourth-order valence-corrected chi connectivity index (χ4v) is 3.17. The predicted octanol–water partition coefficient (Wildman–Crippen LogP) is 3.24. The molecule has 2 aromatic carbocycles. The highest BCUT2D eigenvalue weighted by Crippen LogP contribution is 2.22. The number of esters is 1. The van der Waals surface area contributed by atoms with E-state index >= 15 is 0 Å². The van der Waals surface area contributed by atoms with Crippen LogP contribution in [0.3, 0.4) is 0 Å². The molecule has 0 aliphatic heterocycles. The van der Waals surface area contributed by atoms with Crippen LogP contribution in [0.15, 0.2) is 71.6 Å². The number of benzene rings is 2. The van der Waals surface area contributed by atoms with Crippen LogP contribution in [0.25, 0.3) is 0 Å². The number of para-hydroxylation sites is 1. The minimum atomic E-state index is -3.69. The molecule has 6 heteroatoms. The first-order valence-corrected chi connectivity index (χ1v) is 8.72. The van der Waals surface area contributed by atoms with E-state index in [1.54, 1.807) is 31.2 Å². The van der Waals surface area contributed by atoms with Gasteiger partial charge in [-0.1, -0.05) is 24.8 Å². The molecule has 0 spiro atoms. The molecule has 0 heterocycles. The zero-order valence-electron chi connectivity index (χ0n) is 13.6. The molecule has 0 unspecified atom stereocenters. The summed E-state index contributed by atoms with van der Waals surface area (Å²) in [7, 11) is -2.21. The van der Waals surface area contributed by atoms with E-state index in [1.807, 2.05) is 6.07 Å². The third-order valence-electron chi connectivity index (χ3n) is 3.32. The SMILES string of the molecule is C=C(C)COC(=O)c1ccc(S(=O)(=O)N(C)c2ccccc2)cc1. The van der Waals surface area contributed by atoms with Gasteiger partial charge in [-0.05, 0) is 48.9 Å². The van der Waals surface area contributed by atoms with Gasteiger partial charge in [0.1, 0.15) is 6.61 Å². The van der Waals surface area contributed by atoms with Crippen molar-refractivity contribution in [1.29, 1.82) is 0 Å². The second kappa shape index (κ2) is 7.31. The van der Waals surface area contributed by atoms with Gasteiger partial charge < -0.3 is 4.74 Å². The molecule has 126 valence electrons. The van der Waals surface area contributed by atoms with Gasteiger partial charge in [0.15, 0.2) is 0 Å². The standard InChI is InChI=1S/C18H19NO4S/c1-14(2)13-23-18(20)15-9-11-17(12-10-15)24(21,22)19(3)16-7-5-4-6-8-16/h4-12H,1,13H2,2-3H3. The van der Waals surface area contributed by atoms with Crippen LogP contribution >= 0.6 is 0 Å². The monoisotopic (exact) mass is 345 g/mol. The highest BCUT2D eigenvalue weighted by molar-refractivity contribution is 7.92. The minimum absolute atomic E-state index is 0.102. The molecule has 0 radical (unpaired) electrons. The van der Waals surface area contributed by atoms with Crippen LogP contribution in [0, 0.1) is 0 Å². The maximum atomic E-state index is 12.6. The Morgan fingerprint density at radius 1 is 1.08 bits per heavy atom. The number of hydrogen-bond acceptors (Lipinski definition) is 4. The Labute approximate surface area is 142 Å². The molecular formula is C18H19NO4S. The maximum absolute atomic E-state index is 12.6. The topological polar surface area (TPSA) is 63.7 Å². The van der Waals surface area contributed by atoms with Crippen LogP contribution in [-0.4, -0.2) is 28.0 Å². The number of carbonyl (C=O) groups excluding carboxylic acids is 1. The largest absolute Gasteiger partial charge is 0.458 e. The molecule has 2 aromatic rings. The van der Waals surface area contributed by atoms with Crippen molar-refractivity contribution >= 4 is 21.7 Å². The molecule has 0 aromatic heterocycles. The van der Waals surface area contributed by atoms with Crippen LogP contribution in [0.5, 0.6) is 0 Å². The molecule has 2 rings (SSSR count). The van der Waals surface area contributed by atoms with E-state index in [1.165, 1.54) is 35.6 Å². The van der Waals surface area contributed by atoms with E-state index in [0.717, 1.165) is 5.57 Å². The summed E-state index contributed by atoms with van der Waals surface area (Å²) in [5, 5.41) is 0. The fraction of sp³-hybridized carbons (Fsp3) is 0.167. The van der Waals surface area contributed by atoms with E-state index in [-0.39, 0.29) is 17.1 Å². The third kappa shape index (κ3) is 4.02. The lowest BCUT2D eigenvalue weighted by atomic mass is 10.2. The molecule has 0 amide bonds. The molecule has 0 saturated carbocycles. The second-order valence-electron chi connectivity index (χ2n) is 5.37. The van der Waals surface area contributed by atoms with Crippen LogP contribution in [0.1, 0.15) is 17.3 Å². The first-order valence-electron chi connectivity index (χ1n) is 7.28. The van der Waals surface area contributed by atoms with E-state index in [2.05, 4.69) is 6.58 Å². The zero-order valence-corrected chi connectivity index (χ0v) is 14.4. The molecule has 0 bridgehead atoms. The number of ether oxygens (including phenoxy) is 1. The van der Waals surface area contributed by atoms with Crippen molar-refractivity contribution in [3.05, 3.63) is 72.3 Å². The first-order chi connectivity index (χ1) is 11.3. The van der Waals surface area contributed by atoms with Crippen molar-refractivity contribution in [3.8, 4) is 0 Å². The Bertz CT molecular complexity index is 827. The second-order valence-corrected chi connectivity index (χ2v) is 7.33. The summed E-state index contributed by atoms with van der Waals surface area (Å²) in [5.74, 6) is -0.515. The van der Waals surface area contributed by atoms with Crippen LogP contribution in [0.4, 0.5) is 5.69 Å². The Morgan fingerprint density at radius 2 is 1.67 bits per heavy atom. The van der Waals surface area contributed by atoms with E-state index in [9.17, 15) is 13.2 Å². The lowest BCUT2D eigenvalue weighted by Gasteiger charge is -2.19. The van der Waals surface area contributed by atoms with Gasteiger partial charge in [-0.15, -0.1) is 0 Å². The Kier molecular flexibility index (Phi) is 5.41. The van der Waals surface area contributed by atoms with Crippen LogP contribution in [-0.2, 0) is 14.8 Å². The maximum Gasteiger partial charge on any atom is 0.338 e. The average molecular weight is 345 g/mol. The van der Waals surface area contributed by atoms with Gasteiger partial charge in [0.05, 0.1) is 16.1 Å². The Balaban J connectivity index is 2.20. The average Bonchev–Trinajstić information content (AvgIpc) is 2.59. The van der Waals surface area contributed by atoms with Crippen molar-refractivity contribution < 1.29 is 17.9 Å². The molecule has 0 fully saturated rings. The summed E-state index contributed by atoms with van der Waals surface area (Å²) in [6.07, 6.45) is 0. The number of nitrogens with zero attached hydrogens (tertiary/aromatic N) is 1. The summed E-state index contributed by atoms with van der Waals surface area (Å²) in [6, 6.07) is 14.4. The normalized spacial score (nSPS) is 10.9. The number of hydrogen-bond donors (Lipinski definition) is 0. The van der Waals surface area contributed by atoms with Gasteiger partial charge in [-0.2, -0.15) is 0 Å². The minimum Gasteiger partial charge on any atom is -0.458 e. The Morgan fingerprint density at radius 3 is 2.21 bits per heavy atom. The van der Waals surface area contributed by atoms with E-state index in [4.69, 9.17) is 4.74 Å². The molecule has 24 heavy (non-hydrogen) atoms. The smallest absolute Gasteiger partial charge is 0.338 e. The number of sulfonamides is 1. The number of rotatable bonds is 6. The van der Waals surface area contributed by atoms with Crippen molar-refractivity contribution in [3.63, 3.8) is 0 Å². The summed E-state index contributed by atoms with van der Waals surface area (Å²) >= 11 is 0. The Hall–Kier alpha value is -2.60. The van der Waals surface area contributed by atoms with Crippen molar-refractivity contribution in [1.82, 2.24) is 0 Å². The van der Waals surface area contributed by atoms with Gasteiger partial charge in [0, 0.05) is 7.05 Å². The molecule has 0 atom stereocenters. The summed E-state index contributed by atoms with van der Waals surface area (Å²) in [4.78, 5) is 11.9. The highest BCUT2D eigenvalue weighted by atomic mass is 32.2. The van der Waals surface area contributed by atoms with Gasteiger partial charge in [-0.3, -0.25) is 4.31 Å². The van der Waals surface area contributed by atoms with Gasteiger partial charge in [0.25, 0.3) is 10.0 Å². The quantitative estimate of drug-likeness (QED) is 0.595. The van der Waals surface area contributed by atoms with Crippen molar-refractivity contribution in [2.75, 3.05) is 18.0 Å². The molecule has 0 aliphatic carbocycles. The first kappa shape index (κ1) is 17.7. The summed E-state index contributed by atoms with van der Waals surface area (Å²) in [6.45, 7) is 5.54. The molecular weight excluding hydrogens is 326 g/mol. The predicted molar refractivity (Wildman–Crippen MR) is 93.6 cm³/mol. The summed E-state index contributed by atoms with van der Waals surface area (Å²) in [5.41, 5.74) is 1.58. The van der Waals surface area contributed by atoms with Crippen molar-refractivity contribution in [2.45, 2.75) is 11.8 Å². The number of anilines is 1. The zero-order chi connectivity index (χ0) is 17.7. The lowest BCUT2D eigenvalue weighted by Crippen LogP contribution is -2.26.